The van der Waals surface area contributed by atoms with Crippen LogP contribution in [0, 0.1) is 12.3 Å². The normalized spacial score (nSPS) is 11.4. The van der Waals surface area contributed by atoms with Crippen LogP contribution in [-0.4, -0.2) is 29.6 Å². The fourth-order valence-corrected chi connectivity index (χ4v) is 2.76. The Balaban J connectivity index is 1.75. The summed E-state index contributed by atoms with van der Waals surface area (Å²) in [7, 11) is 0. The Morgan fingerprint density at radius 3 is 2.63 bits per heavy atom. The van der Waals surface area contributed by atoms with Crippen molar-refractivity contribution < 1.29 is 14.3 Å². The third kappa shape index (κ3) is 4.67. The molecule has 136 valence electrons. The predicted molar refractivity (Wildman–Crippen MR) is 103 cm³/mol. The van der Waals surface area contributed by atoms with Gasteiger partial charge in [-0.25, -0.2) is 4.79 Å². The van der Waals surface area contributed by atoms with Gasteiger partial charge >= 0.3 is 6.09 Å². The molecular formula is C21H19N3O3. The van der Waals surface area contributed by atoms with Crippen LogP contribution in [0.1, 0.15) is 5.56 Å². The number of fused-ring (bicyclic) bond motifs is 1. The number of benzene rings is 2. The van der Waals surface area contributed by atoms with Gasteiger partial charge in [0.1, 0.15) is 11.8 Å². The lowest BCUT2D eigenvalue weighted by Gasteiger charge is -2.17. The number of carbonyl (C=O) groups excluding carboxylic acids is 2. The summed E-state index contributed by atoms with van der Waals surface area (Å²) in [5.74, 6) is 2.37. The molecule has 0 aliphatic heterocycles. The lowest BCUT2D eigenvalue weighted by Crippen LogP contribution is -2.49. The predicted octanol–water partition coefficient (Wildman–Crippen LogP) is 2.62. The standard InChI is InChI=1S/C21H19N3O3/c1-2-12-22-20(25)19(24-21(26)27-16-8-4-3-5-9-16)13-15-14-23-18-11-7-6-10-17(15)18/h1,3-11,14,19,23H,12-13H2,(H,22,25)(H,24,26)/t19-/m1/s1. The van der Waals surface area contributed by atoms with E-state index in [0.717, 1.165) is 16.5 Å². The molecule has 0 fully saturated rings. The van der Waals surface area contributed by atoms with E-state index in [1.54, 1.807) is 24.3 Å². The van der Waals surface area contributed by atoms with Crippen molar-refractivity contribution in [2.75, 3.05) is 6.54 Å². The maximum absolute atomic E-state index is 12.5. The molecule has 0 unspecified atom stereocenters. The number of aromatic nitrogens is 1. The van der Waals surface area contributed by atoms with E-state index in [1.807, 2.05) is 36.5 Å². The summed E-state index contributed by atoms with van der Waals surface area (Å²) in [4.78, 5) is 27.9. The molecule has 0 spiro atoms. The average Bonchev–Trinajstić information content (AvgIpc) is 3.09. The number of hydrogen-bond acceptors (Lipinski definition) is 3. The van der Waals surface area contributed by atoms with Gasteiger partial charge in [0.2, 0.25) is 5.91 Å². The molecular weight excluding hydrogens is 342 g/mol. The molecule has 1 atom stereocenters. The van der Waals surface area contributed by atoms with Crippen LogP contribution in [0.15, 0.2) is 60.8 Å². The van der Waals surface area contributed by atoms with Crippen LogP contribution >= 0.6 is 0 Å². The molecule has 6 nitrogen and oxygen atoms in total. The molecule has 0 radical (unpaired) electrons. The summed E-state index contributed by atoms with van der Waals surface area (Å²) in [5, 5.41) is 6.22. The third-order valence-corrected chi connectivity index (χ3v) is 4.03. The number of terminal acetylenes is 1. The van der Waals surface area contributed by atoms with Gasteiger partial charge in [0.05, 0.1) is 6.54 Å². The second-order valence-electron chi connectivity index (χ2n) is 5.89. The fraction of sp³-hybridized carbons (Fsp3) is 0.143. The minimum absolute atomic E-state index is 0.0820. The molecule has 1 heterocycles. The summed E-state index contributed by atoms with van der Waals surface area (Å²) < 4.78 is 5.23. The molecule has 0 aliphatic carbocycles. The first-order valence-corrected chi connectivity index (χ1v) is 8.47. The van der Waals surface area contributed by atoms with Gasteiger partial charge in [0.25, 0.3) is 0 Å². The molecule has 3 rings (SSSR count). The molecule has 2 amide bonds. The fourth-order valence-electron chi connectivity index (χ4n) is 2.76. The molecule has 3 aromatic rings. The molecule has 0 saturated heterocycles. The van der Waals surface area contributed by atoms with Gasteiger partial charge < -0.3 is 20.4 Å². The first kappa shape index (κ1) is 18.1. The molecule has 3 N–H and O–H groups in total. The molecule has 0 aliphatic rings. The lowest BCUT2D eigenvalue weighted by atomic mass is 10.0. The Bertz CT molecular complexity index is 973. The smallest absolute Gasteiger partial charge is 0.410 e. The molecule has 0 saturated carbocycles. The first-order chi connectivity index (χ1) is 13.2. The van der Waals surface area contributed by atoms with Crippen LogP contribution in [0.5, 0.6) is 5.75 Å². The summed E-state index contributed by atoms with van der Waals surface area (Å²) >= 11 is 0. The molecule has 2 aromatic carbocycles. The monoisotopic (exact) mass is 361 g/mol. The summed E-state index contributed by atoms with van der Waals surface area (Å²) in [6.07, 6.45) is 6.63. The quantitative estimate of drug-likeness (QED) is 0.590. The highest BCUT2D eigenvalue weighted by molar-refractivity contribution is 5.88. The van der Waals surface area contributed by atoms with Crippen molar-refractivity contribution >= 4 is 22.9 Å². The number of rotatable bonds is 6. The maximum Gasteiger partial charge on any atom is 0.413 e. The van der Waals surface area contributed by atoms with Gasteiger partial charge in [-0.15, -0.1) is 6.42 Å². The average molecular weight is 361 g/mol. The van der Waals surface area contributed by atoms with Crippen LogP contribution in [-0.2, 0) is 11.2 Å². The van der Waals surface area contributed by atoms with Gasteiger partial charge in [-0.2, -0.15) is 0 Å². The Kier molecular flexibility index (Phi) is 5.75. The van der Waals surface area contributed by atoms with Crippen LogP contribution in [0.2, 0.25) is 0 Å². The number of ether oxygens (including phenoxy) is 1. The van der Waals surface area contributed by atoms with Gasteiger partial charge in [0, 0.05) is 23.5 Å². The van der Waals surface area contributed by atoms with Gasteiger partial charge in [0.15, 0.2) is 0 Å². The largest absolute Gasteiger partial charge is 0.413 e. The Labute approximate surface area is 156 Å². The first-order valence-electron chi connectivity index (χ1n) is 8.47. The maximum atomic E-state index is 12.5. The van der Waals surface area contributed by atoms with Gasteiger partial charge in [-0.1, -0.05) is 42.3 Å². The van der Waals surface area contributed by atoms with Crippen molar-refractivity contribution in [3.63, 3.8) is 0 Å². The highest BCUT2D eigenvalue weighted by atomic mass is 16.6. The van der Waals surface area contributed by atoms with E-state index in [4.69, 9.17) is 11.2 Å². The van der Waals surface area contributed by atoms with E-state index < -0.39 is 12.1 Å². The number of para-hydroxylation sites is 2. The summed E-state index contributed by atoms with van der Waals surface area (Å²) in [6.45, 7) is 0.0820. The SMILES string of the molecule is C#CCNC(=O)[C@@H](Cc1c[nH]c2ccccc12)NC(=O)Oc1ccccc1. The minimum atomic E-state index is -0.825. The zero-order chi connectivity index (χ0) is 19.1. The van der Waals surface area contributed by atoms with E-state index >= 15 is 0 Å². The van der Waals surface area contributed by atoms with Crippen LogP contribution in [0.25, 0.3) is 10.9 Å². The minimum Gasteiger partial charge on any atom is -0.410 e. The van der Waals surface area contributed by atoms with E-state index in [0.29, 0.717) is 12.2 Å². The highest BCUT2D eigenvalue weighted by Gasteiger charge is 2.23. The Morgan fingerprint density at radius 1 is 1.11 bits per heavy atom. The number of H-pyrrole nitrogens is 1. The third-order valence-electron chi connectivity index (χ3n) is 4.03. The second-order valence-corrected chi connectivity index (χ2v) is 5.89. The van der Waals surface area contributed by atoms with E-state index in [-0.39, 0.29) is 12.5 Å². The van der Waals surface area contributed by atoms with E-state index in [2.05, 4.69) is 21.5 Å². The van der Waals surface area contributed by atoms with Crippen molar-refractivity contribution in [1.82, 2.24) is 15.6 Å². The van der Waals surface area contributed by atoms with Crippen molar-refractivity contribution in [3.8, 4) is 18.1 Å². The van der Waals surface area contributed by atoms with E-state index in [9.17, 15) is 9.59 Å². The van der Waals surface area contributed by atoms with Gasteiger partial charge in [-0.3, -0.25) is 4.79 Å². The van der Waals surface area contributed by atoms with Crippen molar-refractivity contribution in [2.24, 2.45) is 0 Å². The van der Waals surface area contributed by atoms with Gasteiger partial charge in [-0.05, 0) is 23.8 Å². The number of amides is 2. The van der Waals surface area contributed by atoms with Crippen molar-refractivity contribution in [2.45, 2.75) is 12.5 Å². The summed E-state index contributed by atoms with van der Waals surface area (Å²) in [6, 6.07) is 15.6. The topological polar surface area (TPSA) is 83.2 Å². The number of hydrogen-bond donors (Lipinski definition) is 3. The molecule has 27 heavy (non-hydrogen) atoms. The van der Waals surface area contributed by atoms with Crippen molar-refractivity contribution in [1.29, 1.82) is 0 Å². The zero-order valence-electron chi connectivity index (χ0n) is 14.6. The second kappa shape index (κ2) is 8.59. The Hall–Kier alpha value is -3.72. The van der Waals surface area contributed by atoms with Crippen molar-refractivity contribution in [3.05, 3.63) is 66.4 Å². The number of carbonyl (C=O) groups is 2. The number of aromatic amines is 1. The Morgan fingerprint density at radius 2 is 1.85 bits per heavy atom. The molecule has 1 aromatic heterocycles. The zero-order valence-corrected chi connectivity index (χ0v) is 14.6. The molecule has 0 bridgehead atoms. The van der Waals surface area contributed by atoms with Crippen LogP contribution < -0.4 is 15.4 Å². The number of nitrogens with one attached hydrogen (secondary N) is 3. The van der Waals surface area contributed by atoms with Crippen LogP contribution in [0.3, 0.4) is 0 Å². The molecule has 6 heteroatoms. The highest BCUT2D eigenvalue weighted by Crippen LogP contribution is 2.19. The lowest BCUT2D eigenvalue weighted by molar-refractivity contribution is -0.122. The van der Waals surface area contributed by atoms with Crippen LogP contribution in [0.4, 0.5) is 4.79 Å². The van der Waals surface area contributed by atoms with E-state index in [1.165, 1.54) is 0 Å². The summed E-state index contributed by atoms with van der Waals surface area (Å²) in [5.41, 5.74) is 1.87.